The van der Waals surface area contributed by atoms with Gasteiger partial charge in [-0.2, -0.15) is 18.3 Å². The van der Waals surface area contributed by atoms with E-state index in [4.69, 9.17) is 0 Å². The second-order valence-electron chi connectivity index (χ2n) is 7.02. The van der Waals surface area contributed by atoms with E-state index in [1.54, 1.807) is 19.1 Å². The number of rotatable bonds is 5. The predicted molar refractivity (Wildman–Crippen MR) is 103 cm³/mol. The quantitative estimate of drug-likeness (QED) is 0.584. The number of imidazole rings is 1. The second-order valence-corrected chi connectivity index (χ2v) is 7.02. The molecule has 3 N–H and O–H groups in total. The van der Waals surface area contributed by atoms with Crippen LogP contribution in [0.1, 0.15) is 35.9 Å². The molecule has 160 valence electrons. The molecule has 1 saturated heterocycles. The minimum atomic E-state index is -4.69. The summed E-state index contributed by atoms with van der Waals surface area (Å²) in [4.78, 5) is 16.8. The first-order chi connectivity index (χ1) is 14.3. The molecule has 0 bridgehead atoms. The molecule has 0 saturated carbocycles. The Hall–Kier alpha value is -3.15. The maximum absolute atomic E-state index is 13.2. The number of anilines is 2. The third-order valence-corrected chi connectivity index (χ3v) is 4.85. The van der Waals surface area contributed by atoms with Crippen LogP contribution < -0.4 is 16.0 Å². The number of carbonyl (C=O) groups is 1. The molecular weight excluding hydrogens is 401 g/mol. The van der Waals surface area contributed by atoms with Gasteiger partial charge in [0.1, 0.15) is 5.82 Å². The number of nitrogens with one attached hydrogen (secondary N) is 3. The number of nitrogens with zero attached hydrogens (tertiary/aromatic N) is 5. The van der Waals surface area contributed by atoms with Gasteiger partial charge in [-0.05, 0) is 38.4 Å². The van der Waals surface area contributed by atoms with Gasteiger partial charge >= 0.3 is 6.18 Å². The Balaban J connectivity index is 1.59. The Morgan fingerprint density at radius 2 is 2.17 bits per heavy atom. The highest BCUT2D eigenvalue weighted by Gasteiger charge is 2.38. The van der Waals surface area contributed by atoms with Crippen LogP contribution in [-0.4, -0.2) is 49.4 Å². The van der Waals surface area contributed by atoms with Gasteiger partial charge in [0.25, 0.3) is 5.91 Å². The van der Waals surface area contributed by atoms with Crippen LogP contribution in [0.5, 0.6) is 0 Å². The number of fused-ring (bicyclic) bond motifs is 1. The normalized spacial score (nSPS) is 17.3. The third-order valence-electron chi connectivity index (χ3n) is 4.85. The fraction of sp³-hybridized carbons (Fsp3) is 0.444. The van der Waals surface area contributed by atoms with Gasteiger partial charge in [-0.15, -0.1) is 5.10 Å². The van der Waals surface area contributed by atoms with Crippen LogP contribution in [0.15, 0.2) is 24.5 Å². The molecule has 0 radical (unpaired) electrons. The van der Waals surface area contributed by atoms with Crippen LogP contribution in [0.25, 0.3) is 5.65 Å². The summed E-state index contributed by atoms with van der Waals surface area (Å²) in [6.07, 6.45) is -0.218. The highest BCUT2D eigenvalue weighted by atomic mass is 19.4. The van der Waals surface area contributed by atoms with Gasteiger partial charge in [-0.25, -0.2) is 9.50 Å². The largest absolute Gasteiger partial charge is 0.437 e. The van der Waals surface area contributed by atoms with Crippen molar-refractivity contribution in [2.24, 2.45) is 0 Å². The van der Waals surface area contributed by atoms with E-state index in [9.17, 15) is 18.0 Å². The molecule has 12 heteroatoms. The fourth-order valence-corrected chi connectivity index (χ4v) is 3.36. The van der Waals surface area contributed by atoms with Gasteiger partial charge in [0.05, 0.1) is 11.9 Å². The molecule has 3 aromatic heterocycles. The Bertz CT molecular complexity index is 1050. The fourth-order valence-electron chi connectivity index (χ4n) is 3.36. The van der Waals surface area contributed by atoms with E-state index in [0.29, 0.717) is 11.5 Å². The monoisotopic (exact) mass is 422 g/mol. The lowest BCUT2D eigenvalue weighted by atomic mass is 10.1. The predicted octanol–water partition coefficient (Wildman–Crippen LogP) is 2.38. The Morgan fingerprint density at radius 1 is 1.33 bits per heavy atom. The van der Waals surface area contributed by atoms with Gasteiger partial charge in [0.2, 0.25) is 0 Å². The summed E-state index contributed by atoms with van der Waals surface area (Å²) < 4.78 is 42.2. The van der Waals surface area contributed by atoms with Crippen LogP contribution in [-0.2, 0) is 12.7 Å². The number of aromatic nitrogens is 5. The molecule has 4 heterocycles. The summed E-state index contributed by atoms with van der Waals surface area (Å²) in [6, 6.07) is 3.66. The Labute approximate surface area is 169 Å². The number of hydrogen-bond donors (Lipinski definition) is 3. The molecule has 0 spiro atoms. The number of halogens is 3. The van der Waals surface area contributed by atoms with Crippen molar-refractivity contribution in [2.75, 3.05) is 23.7 Å². The number of aryl methyl sites for hydroxylation is 1. The van der Waals surface area contributed by atoms with E-state index in [-0.39, 0.29) is 18.3 Å². The molecule has 1 atom stereocenters. The van der Waals surface area contributed by atoms with E-state index in [1.165, 1.54) is 10.7 Å². The number of amides is 1. The smallest absolute Gasteiger partial charge is 0.365 e. The van der Waals surface area contributed by atoms with Crippen molar-refractivity contribution in [3.63, 3.8) is 0 Å². The molecule has 1 aliphatic heterocycles. The number of alkyl halides is 3. The molecule has 30 heavy (non-hydrogen) atoms. The van der Waals surface area contributed by atoms with Crippen molar-refractivity contribution in [2.45, 2.75) is 38.5 Å². The molecule has 1 fully saturated rings. The summed E-state index contributed by atoms with van der Waals surface area (Å²) in [5.74, 6) is -0.203. The van der Waals surface area contributed by atoms with Crippen LogP contribution >= 0.6 is 0 Å². The maximum atomic E-state index is 13.2. The zero-order chi connectivity index (χ0) is 21.3. The van der Waals surface area contributed by atoms with E-state index in [0.717, 1.165) is 36.8 Å². The summed E-state index contributed by atoms with van der Waals surface area (Å²) >= 11 is 0. The summed E-state index contributed by atoms with van der Waals surface area (Å²) in [6.45, 7) is 3.67. The van der Waals surface area contributed by atoms with Gasteiger partial charge < -0.3 is 16.0 Å². The van der Waals surface area contributed by atoms with Gasteiger partial charge in [-0.3, -0.25) is 9.48 Å². The molecule has 3 aromatic rings. The van der Waals surface area contributed by atoms with Crippen molar-refractivity contribution in [1.82, 2.24) is 29.7 Å². The molecule has 4 rings (SSSR count). The SMILES string of the molecule is CCn1cc(NC(=O)c2cnc3ccc(N[C@@H]4CCCNC4)nn23)c(C(F)(F)F)n1. The van der Waals surface area contributed by atoms with Crippen LogP contribution in [0.4, 0.5) is 24.7 Å². The summed E-state index contributed by atoms with van der Waals surface area (Å²) in [7, 11) is 0. The first-order valence-corrected chi connectivity index (χ1v) is 9.63. The highest BCUT2D eigenvalue weighted by molar-refractivity contribution is 6.03. The summed E-state index contributed by atoms with van der Waals surface area (Å²) in [5, 5.41) is 16.8. The second kappa shape index (κ2) is 7.94. The first kappa shape index (κ1) is 20.1. The molecule has 1 amide bonds. The highest BCUT2D eigenvalue weighted by Crippen LogP contribution is 2.33. The molecule has 0 aliphatic carbocycles. The van der Waals surface area contributed by atoms with E-state index >= 15 is 0 Å². The lowest BCUT2D eigenvalue weighted by molar-refractivity contribution is -0.140. The van der Waals surface area contributed by atoms with Gasteiger partial charge in [0, 0.05) is 25.3 Å². The molecule has 0 aromatic carbocycles. The van der Waals surface area contributed by atoms with E-state index in [2.05, 4.69) is 31.1 Å². The topological polar surface area (TPSA) is 101 Å². The minimum absolute atomic E-state index is 0.0211. The minimum Gasteiger partial charge on any atom is -0.365 e. The van der Waals surface area contributed by atoms with Crippen molar-refractivity contribution in [3.05, 3.63) is 35.9 Å². The van der Waals surface area contributed by atoms with Crippen molar-refractivity contribution >= 4 is 23.1 Å². The average molecular weight is 422 g/mol. The maximum Gasteiger partial charge on any atom is 0.437 e. The lowest BCUT2D eigenvalue weighted by Gasteiger charge is -2.24. The number of piperidine rings is 1. The number of hydrogen-bond acceptors (Lipinski definition) is 6. The van der Waals surface area contributed by atoms with Crippen LogP contribution in [0, 0.1) is 0 Å². The van der Waals surface area contributed by atoms with Crippen LogP contribution in [0.2, 0.25) is 0 Å². The van der Waals surface area contributed by atoms with Crippen LogP contribution in [0.3, 0.4) is 0 Å². The van der Waals surface area contributed by atoms with Crippen molar-refractivity contribution in [3.8, 4) is 0 Å². The summed E-state index contributed by atoms with van der Waals surface area (Å²) in [5.41, 5.74) is -1.13. The first-order valence-electron chi connectivity index (χ1n) is 9.63. The van der Waals surface area contributed by atoms with Gasteiger partial charge in [-0.1, -0.05) is 0 Å². The zero-order valence-corrected chi connectivity index (χ0v) is 16.2. The number of carbonyl (C=O) groups excluding carboxylic acids is 1. The standard InChI is InChI=1S/C18H21F3N8O/c1-2-28-10-12(16(27-28)18(19,20)21)25-17(30)13-9-23-15-6-5-14(26-29(13)15)24-11-4-3-7-22-8-11/h5-6,9-11,22H,2-4,7-8H2,1H3,(H,24,26)(H,25,30)/t11-/m1/s1. The Kier molecular flexibility index (Phi) is 5.33. The molecule has 9 nitrogen and oxygen atoms in total. The van der Waals surface area contributed by atoms with E-state index < -0.39 is 23.5 Å². The van der Waals surface area contributed by atoms with Crippen molar-refractivity contribution < 1.29 is 18.0 Å². The Morgan fingerprint density at radius 3 is 2.87 bits per heavy atom. The van der Waals surface area contributed by atoms with Crippen molar-refractivity contribution in [1.29, 1.82) is 0 Å². The molecular formula is C18H21F3N8O. The molecule has 1 aliphatic rings. The van der Waals surface area contributed by atoms with Gasteiger partial charge in [0.15, 0.2) is 17.0 Å². The zero-order valence-electron chi connectivity index (χ0n) is 16.2. The van der Waals surface area contributed by atoms with E-state index in [1.807, 2.05) is 0 Å². The average Bonchev–Trinajstić information content (AvgIpc) is 3.32. The molecule has 0 unspecified atom stereocenters. The lowest BCUT2D eigenvalue weighted by Crippen LogP contribution is -2.38. The third kappa shape index (κ3) is 4.08.